The van der Waals surface area contributed by atoms with Gasteiger partial charge < -0.3 is 31.4 Å². The molecule has 0 aliphatic carbocycles. The molecule has 0 aromatic carbocycles. The number of nitrogens with two attached hydrogens (primary N) is 2. The minimum atomic E-state index is -1.91. The lowest BCUT2D eigenvalue weighted by Gasteiger charge is -2.48. The van der Waals surface area contributed by atoms with Gasteiger partial charge in [0.15, 0.2) is 11.4 Å². The summed E-state index contributed by atoms with van der Waals surface area (Å²) in [5.41, 5.74) is 8.68. The van der Waals surface area contributed by atoms with Crippen molar-refractivity contribution in [2.45, 2.75) is 43.4 Å². The van der Waals surface area contributed by atoms with Gasteiger partial charge in [-0.05, 0) is 19.8 Å². The van der Waals surface area contributed by atoms with E-state index in [9.17, 15) is 14.7 Å². The first-order valence-electron chi connectivity index (χ1n) is 7.29. The average Bonchev–Trinajstić information content (AvgIpc) is 3.02. The molecule has 1 heterocycles. The highest BCUT2D eigenvalue weighted by Gasteiger charge is 2.54. The van der Waals surface area contributed by atoms with Crippen LogP contribution in [0, 0.1) is 0 Å². The number of rotatable bonds is 6. The van der Waals surface area contributed by atoms with Crippen molar-refractivity contribution in [2.75, 3.05) is 27.8 Å². The average molecular weight is 333 g/mol. The zero-order valence-corrected chi connectivity index (χ0v) is 14.0. The molecule has 1 saturated heterocycles. The highest BCUT2D eigenvalue weighted by Crippen LogP contribution is 2.28. The van der Waals surface area contributed by atoms with Crippen LogP contribution in [0.3, 0.4) is 0 Å². The first kappa shape index (κ1) is 19.6. The van der Waals surface area contributed by atoms with E-state index in [2.05, 4.69) is 15.4 Å². The van der Waals surface area contributed by atoms with Gasteiger partial charge in [0.2, 0.25) is 5.91 Å². The van der Waals surface area contributed by atoms with Crippen molar-refractivity contribution < 1.29 is 24.2 Å². The fourth-order valence-electron chi connectivity index (χ4n) is 2.63. The molecule has 10 heteroatoms. The number of methoxy groups -OCH3 is 2. The number of hydrogen-bond acceptors (Lipinski definition) is 8. The summed E-state index contributed by atoms with van der Waals surface area (Å²) < 4.78 is 9.69. The third-order valence-corrected chi connectivity index (χ3v) is 4.30. The number of carbonyl (C=O) groups is 2. The lowest BCUT2D eigenvalue weighted by molar-refractivity contribution is -0.165. The highest BCUT2D eigenvalue weighted by atomic mass is 16.5. The third-order valence-electron chi connectivity index (χ3n) is 4.30. The molecular formula is C13H27N5O5. The summed E-state index contributed by atoms with van der Waals surface area (Å²) in [7, 11) is 3.97. The number of likely N-dealkylation sites (tertiary alicyclic amines) is 1. The molecule has 0 aromatic heterocycles. The Balaban J connectivity index is 3.15. The number of hydrogen-bond donors (Lipinski definition) is 5. The maximum atomic E-state index is 12.0. The largest absolute Gasteiger partial charge is 0.453 e. The minimum absolute atomic E-state index is 0.252. The van der Waals surface area contributed by atoms with Gasteiger partial charge in [-0.3, -0.25) is 15.0 Å². The molecular weight excluding hydrogens is 306 g/mol. The van der Waals surface area contributed by atoms with Gasteiger partial charge in [0, 0.05) is 20.7 Å². The Kier molecular flexibility index (Phi) is 6.31. The summed E-state index contributed by atoms with van der Waals surface area (Å²) in [5, 5.41) is 15.7. The van der Waals surface area contributed by atoms with E-state index < -0.39 is 29.8 Å². The molecule has 10 nitrogen and oxygen atoms in total. The number of amides is 2. The highest BCUT2D eigenvalue weighted by molar-refractivity contribution is 5.81. The van der Waals surface area contributed by atoms with Crippen LogP contribution in [0.1, 0.15) is 19.8 Å². The Bertz CT molecular complexity index is 446. The van der Waals surface area contributed by atoms with Gasteiger partial charge in [0.25, 0.3) is 0 Å². The fourth-order valence-corrected chi connectivity index (χ4v) is 2.63. The molecule has 1 rings (SSSR count). The third kappa shape index (κ3) is 3.72. The number of likely N-dealkylation sites (N-methyl/N-ethyl adjacent to an activating group) is 1. The lowest BCUT2D eigenvalue weighted by atomic mass is 9.95. The second-order valence-corrected chi connectivity index (χ2v) is 5.68. The summed E-state index contributed by atoms with van der Waals surface area (Å²) in [4.78, 5) is 25.1. The van der Waals surface area contributed by atoms with E-state index in [1.165, 1.54) is 26.0 Å². The zero-order valence-electron chi connectivity index (χ0n) is 14.0. The van der Waals surface area contributed by atoms with Crippen LogP contribution in [0.4, 0.5) is 4.79 Å². The normalized spacial score (nSPS) is 25.1. The summed E-state index contributed by atoms with van der Waals surface area (Å²) in [6, 6.07) is -0.579. The molecule has 0 spiro atoms. The standard InChI is InChI=1S/C13H27N5O5/c1-12(14,23-4)13(15,17-11(21)22-3)10(20)18-7-5-6-8(18)9(19)16-2/h8,10,20H,5-7,14-15H2,1-4H3,(H,16,19)(H,17,21)/t8-,10?,12-,13?/m0/s1. The van der Waals surface area contributed by atoms with Crippen molar-refractivity contribution in [3.8, 4) is 0 Å². The summed E-state index contributed by atoms with van der Waals surface area (Å²) in [6.45, 7) is 1.83. The molecule has 0 radical (unpaired) electrons. The van der Waals surface area contributed by atoms with Crippen molar-refractivity contribution in [3.63, 3.8) is 0 Å². The van der Waals surface area contributed by atoms with Crippen molar-refractivity contribution in [1.29, 1.82) is 0 Å². The molecule has 2 unspecified atom stereocenters. The van der Waals surface area contributed by atoms with Crippen LogP contribution in [-0.2, 0) is 14.3 Å². The van der Waals surface area contributed by atoms with Gasteiger partial charge in [-0.2, -0.15) is 0 Å². The maximum absolute atomic E-state index is 12.0. The van der Waals surface area contributed by atoms with Gasteiger partial charge in [-0.25, -0.2) is 4.79 Å². The Labute approximate surface area is 135 Å². The number of aliphatic hydroxyl groups is 1. The van der Waals surface area contributed by atoms with E-state index in [1.54, 1.807) is 0 Å². The quantitative estimate of drug-likeness (QED) is 0.345. The first-order valence-corrected chi connectivity index (χ1v) is 7.29. The SMILES string of the molecule is CNC(=O)[C@@H]1CCCN1C(O)C(N)(NC(=O)OC)[C@@](C)(N)OC. The number of ether oxygens (including phenoxy) is 2. The van der Waals surface area contributed by atoms with Crippen molar-refractivity contribution >= 4 is 12.0 Å². The van der Waals surface area contributed by atoms with E-state index in [0.29, 0.717) is 19.4 Å². The summed E-state index contributed by atoms with van der Waals surface area (Å²) in [6.07, 6.45) is -1.10. The summed E-state index contributed by atoms with van der Waals surface area (Å²) in [5.74, 6) is -0.252. The molecule has 4 atom stereocenters. The first-order chi connectivity index (χ1) is 10.6. The Morgan fingerprint density at radius 1 is 1.39 bits per heavy atom. The molecule has 0 saturated carbocycles. The van der Waals surface area contributed by atoms with E-state index in [-0.39, 0.29) is 5.91 Å². The molecule has 7 N–H and O–H groups in total. The monoisotopic (exact) mass is 333 g/mol. The Morgan fingerprint density at radius 3 is 2.48 bits per heavy atom. The van der Waals surface area contributed by atoms with Gasteiger partial charge in [-0.15, -0.1) is 0 Å². The fraction of sp³-hybridized carbons (Fsp3) is 0.846. The molecule has 0 aromatic rings. The van der Waals surface area contributed by atoms with Crippen molar-refractivity contribution in [2.24, 2.45) is 11.5 Å². The predicted molar refractivity (Wildman–Crippen MR) is 81.9 cm³/mol. The molecule has 1 aliphatic heterocycles. The molecule has 134 valence electrons. The number of alkyl carbamates (subject to hydrolysis) is 1. The van der Waals surface area contributed by atoms with Crippen LogP contribution in [0.2, 0.25) is 0 Å². The van der Waals surface area contributed by atoms with Gasteiger partial charge >= 0.3 is 6.09 Å². The lowest BCUT2D eigenvalue weighted by Crippen LogP contribution is -2.81. The predicted octanol–water partition coefficient (Wildman–Crippen LogP) is -2.15. The second-order valence-electron chi connectivity index (χ2n) is 5.68. The topological polar surface area (TPSA) is 152 Å². The van der Waals surface area contributed by atoms with Crippen LogP contribution in [0.15, 0.2) is 0 Å². The molecule has 2 amide bonds. The molecule has 1 aliphatic rings. The maximum Gasteiger partial charge on any atom is 0.408 e. The van der Waals surface area contributed by atoms with Crippen LogP contribution >= 0.6 is 0 Å². The Hall–Kier alpha value is -1.46. The van der Waals surface area contributed by atoms with E-state index in [1.807, 2.05) is 0 Å². The number of aliphatic hydroxyl groups excluding tert-OH is 1. The minimum Gasteiger partial charge on any atom is -0.453 e. The zero-order chi connectivity index (χ0) is 17.8. The smallest absolute Gasteiger partial charge is 0.408 e. The van der Waals surface area contributed by atoms with Crippen molar-refractivity contribution in [3.05, 3.63) is 0 Å². The van der Waals surface area contributed by atoms with Gasteiger partial charge in [-0.1, -0.05) is 0 Å². The molecule has 0 bridgehead atoms. The molecule has 23 heavy (non-hydrogen) atoms. The van der Waals surface area contributed by atoms with Gasteiger partial charge in [0.05, 0.1) is 13.2 Å². The van der Waals surface area contributed by atoms with Crippen LogP contribution < -0.4 is 22.1 Å². The van der Waals surface area contributed by atoms with E-state index in [4.69, 9.17) is 16.2 Å². The number of carbonyl (C=O) groups excluding carboxylic acids is 2. The van der Waals surface area contributed by atoms with Gasteiger partial charge in [0.1, 0.15) is 6.23 Å². The van der Waals surface area contributed by atoms with Crippen LogP contribution in [0.5, 0.6) is 0 Å². The Morgan fingerprint density at radius 2 is 2.00 bits per heavy atom. The second kappa shape index (κ2) is 7.41. The van der Waals surface area contributed by atoms with Crippen LogP contribution in [-0.4, -0.2) is 73.5 Å². The van der Waals surface area contributed by atoms with Crippen molar-refractivity contribution in [1.82, 2.24) is 15.5 Å². The number of nitrogens with one attached hydrogen (secondary N) is 2. The van der Waals surface area contributed by atoms with E-state index in [0.717, 1.165) is 7.11 Å². The summed E-state index contributed by atoms with van der Waals surface area (Å²) >= 11 is 0. The van der Waals surface area contributed by atoms with E-state index >= 15 is 0 Å². The molecule has 1 fully saturated rings. The van der Waals surface area contributed by atoms with Crippen LogP contribution in [0.25, 0.3) is 0 Å². The number of nitrogens with zero attached hydrogens (tertiary/aromatic N) is 1.